The highest BCUT2D eigenvalue weighted by molar-refractivity contribution is 5.95. The molecule has 1 aromatic carbocycles. The molecular weight excluding hydrogens is 258 g/mol. The molecule has 6 nitrogen and oxygen atoms in total. The highest BCUT2D eigenvalue weighted by Crippen LogP contribution is 1.97. The number of hydrogen-bond donors (Lipinski definition) is 3. The Balaban J connectivity index is 2.04. The van der Waals surface area contributed by atoms with E-state index < -0.39 is 18.0 Å². The van der Waals surface area contributed by atoms with Crippen LogP contribution in [0.2, 0.25) is 0 Å². The predicted octanol–water partition coefficient (Wildman–Crippen LogP) is 0.766. The Morgan fingerprint density at radius 1 is 1.30 bits per heavy atom. The van der Waals surface area contributed by atoms with E-state index in [4.69, 9.17) is 10.5 Å². The SMILES string of the molecule is CC(OCCCNCc1ccccc1)C(=O)NC(N)=O. The summed E-state index contributed by atoms with van der Waals surface area (Å²) in [7, 11) is 0. The summed E-state index contributed by atoms with van der Waals surface area (Å²) in [5.74, 6) is -0.519. The van der Waals surface area contributed by atoms with Gasteiger partial charge in [0.25, 0.3) is 5.91 Å². The lowest BCUT2D eigenvalue weighted by molar-refractivity contribution is -0.130. The Kier molecular flexibility index (Phi) is 7.31. The van der Waals surface area contributed by atoms with Gasteiger partial charge in [-0.05, 0) is 25.5 Å². The number of nitrogens with two attached hydrogens (primary N) is 1. The molecule has 4 N–H and O–H groups in total. The summed E-state index contributed by atoms with van der Waals surface area (Å²) < 4.78 is 5.30. The fraction of sp³-hybridized carbons (Fsp3) is 0.429. The first-order chi connectivity index (χ1) is 9.59. The van der Waals surface area contributed by atoms with Crippen molar-refractivity contribution >= 4 is 11.9 Å². The molecule has 6 heteroatoms. The second-order valence-corrected chi connectivity index (χ2v) is 4.38. The van der Waals surface area contributed by atoms with E-state index in [9.17, 15) is 9.59 Å². The minimum Gasteiger partial charge on any atom is -0.369 e. The van der Waals surface area contributed by atoms with Crippen LogP contribution in [0.15, 0.2) is 30.3 Å². The fourth-order valence-electron chi connectivity index (χ4n) is 1.58. The second kappa shape index (κ2) is 9.06. The number of nitrogens with one attached hydrogen (secondary N) is 2. The van der Waals surface area contributed by atoms with Crippen molar-refractivity contribution in [3.8, 4) is 0 Å². The smallest absolute Gasteiger partial charge is 0.318 e. The zero-order valence-corrected chi connectivity index (χ0v) is 11.6. The van der Waals surface area contributed by atoms with Gasteiger partial charge in [0.2, 0.25) is 0 Å². The maximum atomic E-state index is 11.3. The Labute approximate surface area is 118 Å². The van der Waals surface area contributed by atoms with Crippen LogP contribution in [-0.4, -0.2) is 31.2 Å². The van der Waals surface area contributed by atoms with Gasteiger partial charge in [-0.15, -0.1) is 0 Å². The van der Waals surface area contributed by atoms with Crippen molar-refractivity contribution in [3.05, 3.63) is 35.9 Å². The van der Waals surface area contributed by atoms with Gasteiger partial charge in [0, 0.05) is 13.2 Å². The third-order valence-corrected chi connectivity index (χ3v) is 2.65. The molecular formula is C14H21N3O3. The van der Waals surface area contributed by atoms with Crippen LogP contribution in [0.25, 0.3) is 0 Å². The quantitative estimate of drug-likeness (QED) is 0.613. The van der Waals surface area contributed by atoms with Crippen molar-refractivity contribution < 1.29 is 14.3 Å². The molecule has 0 aromatic heterocycles. The summed E-state index contributed by atoms with van der Waals surface area (Å²) in [6, 6.07) is 9.23. The number of imide groups is 1. The molecule has 0 spiro atoms. The van der Waals surface area contributed by atoms with Gasteiger partial charge in [0.1, 0.15) is 6.10 Å². The van der Waals surface area contributed by atoms with Gasteiger partial charge < -0.3 is 15.8 Å². The number of hydrogen-bond acceptors (Lipinski definition) is 4. The van der Waals surface area contributed by atoms with Crippen LogP contribution in [0.3, 0.4) is 0 Å². The Hall–Kier alpha value is -1.92. The minimum atomic E-state index is -0.866. The number of urea groups is 1. The summed E-state index contributed by atoms with van der Waals surface area (Å²) in [4.78, 5) is 21.8. The molecule has 0 fully saturated rings. The summed E-state index contributed by atoms with van der Waals surface area (Å²) in [5, 5.41) is 5.26. The van der Waals surface area contributed by atoms with Crippen LogP contribution in [0, 0.1) is 0 Å². The first-order valence-electron chi connectivity index (χ1n) is 6.56. The van der Waals surface area contributed by atoms with Crippen molar-refractivity contribution in [1.29, 1.82) is 0 Å². The van der Waals surface area contributed by atoms with Crippen molar-refractivity contribution in [2.24, 2.45) is 5.73 Å². The number of primary amides is 1. The van der Waals surface area contributed by atoms with Crippen molar-refractivity contribution in [1.82, 2.24) is 10.6 Å². The molecule has 0 saturated carbocycles. The lowest BCUT2D eigenvalue weighted by atomic mass is 10.2. The van der Waals surface area contributed by atoms with E-state index in [1.165, 1.54) is 5.56 Å². The number of amides is 3. The molecule has 0 heterocycles. The summed E-state index contributed by atoms with van der Waals surface area (Å²) in [5.41, 5.74) is 6.07. The molecule has 110 valence electrons. The topological polar surface area (TPSA) is 93.4 Å². The number of benzene rings is 1. The molecule has 1 unspecified atom stereocenters. The molecule has 3 amide bonds. The highest BCUT2D eigenvalue weighted by Gasteiger charge is 2.14. The average Bonchev–Trinajstić information content (AvgIpc) is 2.42. The van der Waals surface area contributed by atoms with Gasteiger partial charge in [-0.1, -0.05) is 30.3 Å². The van der Waals surface area contributed by atoms with Crippen LogP contribution in [-0.2, 0) is 16.1 Å². The molecule has 0 aliphatic carbocycles. The largest absolute Gasteiger partial charge is 0.369 e. The summed E-state index contributed by atoms with van der Waals surface area (Å²) >= 11 is 0. The van der Waals surface area contributed by atoms with E-state index in [2.05, 4.69) is 17.4 Å². The third kappa shape index (κ3) is 6.86. The Morgan fingerprint density at radius 3 is 2.65 bits per heavy atom. The number of carbonyl (C=O) groups is 2. The van der Waals surface area contributed by atoms with Gasteiger partial charge >= 0.3 is 6.03 Å². The Morgan fingerprint density at radius 2 is 2.00 bits per heavy atom. The fourth-order valence-corrected chi connectivity index (χ4v) is 1.58. The van der Waals surface area contributed by atoms with Crippen LogP contribution >= 0.6 is 0 Å². The van der Waals surface area contributed by atoms with Gasteiger partial charge in [-0.25, -0.2) is 4.79 Å². The number of rotatable bonds is 8. The van der Waals surface area contributed by atoms with Crippen molar-refractivity contribution in [3.63, 3.8) is 0 Å². The first-order valence-corrected chi connectivity index (χ1v) is 6.56. The maximum Gasteiger partial charge on any atom is 0.318 e. The number of ether oxygens (including phenoxy) is 1. The van der Waals surface area contributed by atoms with E-state index in [1.54, 1.807) is 6.92 Å². The highest BCUT2D eigenvalue weighted by atomic mass is 16.5. The molecule has 0 saturated heterocycles. The average molecular weight is 279 g/mol. The van der Waals surface area contributed by atoms with E-state index in [0.717, 1.165) is 19.5 Å². The van der Waals surface area contributed by atoms with E-state index in [1.807, 2.05) is 23.5 Å². The maximum absolute atomic E-state index is 11.3. The third-order valence-electron chi connectivity index (χ3n) is 2.65. The zero-order valence-electron chi connectivity index (χ0n) is 11.6. The molecule has 0 aliphatic heterocycles. The van der Waals surface area contributed by atoms with Crippen molar-refractivity contribution in [2.45, 2.75) is 26.0 Å². The van der Waals surface area contributed by atoms with E-state index in [-0.39, 0.29) is 0 Å². The zero-order chi connectivity index (χ0) is 14.8. The van der Waals surface area contributed by atoms with Crippen LogP contribution in [0.4, 0.5) is 4.79 Å². The molecule has 20 heavy (non-hydrogen) atoms. The van der Waals surface area contributed by atoms with E-state index in [0.29, 0.717) is 6.61 Å². The van der Waals surface area contributed by atoms with Crippen LogP contribution in [0.5, 0.6) is 0 Å². The molecule has 1 atom stereocenters. The lowest BCUT2D eigenvalue weighted by Crippen LogP contribution is -2.41. The summed E-state index contributed by atoms with van der Waals surface area (Å²) in [6.45, 7) is 3.61. The molecule has 0 aliphatic rings. The normalized spacial score (nSPS) is 11.8. The van der Waals surface area contributed by atoms with E-state index >= 15 is 0 Å². The monoisotopic (exact) mass is 279 g/mol. The summed E-state index contributed by atoms with van der Waals surface area (Å²) in [6.07, 6.45) is 0.0951. The number of carbonyl (C=O) groups excluding carboxylic acids is 2. The second-order valence-electron chi connectivity index (χ2n) is 4.38. The molecule has 1 aromatic rings. The lowest BCUT2D eigenvalue weighted by Gasteiger charge is -2.12. The van der Waals surface area contributed by atoms with Crippen molar-refractivity contribution in [2.75, 3.05) is 13.2 Å². The van der Waals surface area contributed by atoms with Gasteiger partial charge in [-0.2, -0.15) is 0 Å². The van der Waals surface area contributed by atoms with Gasteiger partial charge in [0.05, 0.1) is 0 Å². The van der Waals surface area contributed by atoms with Gasteiger partial charge in [-0.3, -0.25) is 10.1 Å². The molecule has 0 bridgehead atoms. The molecule has 0 radical (unpaired) electrons. The van der Waals surface area contributed by atoms with Gasteiger partial charge in [0.15, 0.2) is 0 Å². The standard InChI is InChI=1S/C14H21N3O3/c1-11(13(18)17-14(15)19)20-9-5-8-16-10-12-6-3-2-4-7-12/h2-4,6-7,11,16H,5,8-10H2,1H3,(H3,15,17,18,19). The van der Waals surface area contributed by atoms with Crippen LogP contribution < -0.4 is 16.4 Å². The molecule has 1 rings (SSSR count). The predicted molar refractivity (Wildman–Crippen MR) is 75.9 cm³/mol. The minimum absolute atomic E-state index is 0.440. The Bertz CT molecular complexity index is 423. The van der Waals surface area contributed by atoms with Crippen LogP contribution in [0.1, 0.15) is 18.9 Å². The first kappa shape index (κ1) is 16.1.